The number of hydrogen-bond acceptors (Lipinski definition) is 1. The molecular weight excluding hydrogens is 160 g/mol. The molecule has 0 saturated carbocycles. The van der Waals surface area contributed by atoms with Crippen molar-refractivity contribution < 1.29 is 0 Å². The van der Waals surface area contributed by atoms with Crippen molar-refractivity contribution in [1.29, 1.82) is 0 Å². The molecule has 0 saturated heterocycles. The topological polar surface area (TPSA) is 17.8 Å². The Morgan fingerprint density at radius 2 is 2.36 bits per heavy atom. The van der Waals surface area contributed by atoms with E-state index in [-0.39, 0.29) is 0 Å². The number of aromatic nitrogens is 2. The number of aryl methyl sites for hydroxylation is 2. The lowest BCUT2D eigenvalue weighted by atomic mass is 10.2. The Kier molecular flexibility index (Phi) is 2.94. The van der Waals surface area contributed by atoms with Gasteiger partial charge in [0.2, 0.25) is 0 Å². The van der Waals surface area contributed by atoms with Crippen LogP contribution in [0, 0.1) is 0 Å². The summed E-state index contributed by atoms with van der Waals surface area (Å²) < 4.78 is 1.98. The van der Waals surface area contributed by atoms with E-state index in [0.717, 1.165) is 24.2 Å². The predicted octanol–water partition coefficient (Wildman–Crippen LogP) is 2.11. The molecule has 0 amide bonds. The highest BCUT2D eigenvalue weighted by Crippen LogP contribution is 2.10. The van der Waals surface area contributed by atoms with Crippen LogP contribution in [0.3, 0.4) is 0 Å². The molecule has 0 aliphatic heterocycles. The molecule has 1 aromatic heterocycles. The number of halogens is 1. The minimum atomic E-state index is 0.561. The second kappa shape index (κ2) is 3.77. The highest BCUT2D eigenvalue weighted by Gasteiger charge is 2.05. The number of alkyl halides is 1. The lowest BCUT2D eigenvalue weighted by molar-refractivity contribution is 0.840. The molecule has 1 rings (SSSR count). The first kappa shape index (κ1) is 8.60. The predicted molar refractivity (Wildman–Crippen MR) is 46.8 cm³/mol. The number of nitrogens with zero attached hydrogens (tertiary/aromatic N) is 2. The largest absolute Gasteiger partial charge is 0.336 e. The van der Waals surface area contributed by atoms with Gasteiger partial charge in [0.15, 0.2) is 0 Å². The van der Waals surface area contributed by atoms with Crippen molar-refractivity contribution in [2.45, 2.75) is 25.6 Å². The molecule has 0 aliphatic rings. The zero-order chi connectivity index (χ0) is 8.27. The quantitative estimate of drug-likeness (QED) is 0.639. The van der Waals surface area contributed by atoms with E-state index >= 15 is 0 Å². The van der Waals surface area contributed by atoms with Crippen molar-refractivity contribution in [1.82, 2.24) is 9.55 Å². The van der Waals surface area contributed by atoms with Crippen molar-refractivity contribution in [3.63, 3.8) is 0 Å². The number of imidazole rings is 1. The third kappa shape index (κ3) is 1.74. The Morgan fingerprint density at radius 1 is 1.64 bits per heavy atom. The molecule has 0 unspecified atom stereocenters. The van der Waals surface area contributed by atoms with E-state index in [2.05, 4.69) is 11.9 Å². The summed E-state index contributed by atoms with van der Waals surface area (Å²) in [5.74, 6) is 0.561. The van der Waals surface area contributed by atoms with Gasteiger partial charge in [0, 0.05) is 7.05 Å². The van der Waals surface area contributed by atoms with E-state index in [1.165, 1.54) is 0 Å². The van der Waals surface area contributed by atoms with Crippen LogP contribution in [0.4, 0.5) is 0 Å². The first-order valence-corrected chi connectivity index (χ1v) is 4.38. The second-order valence-corrected chi connectivity index (χ2v) is 2.90. The Bertz CT molecular complexity index is 230. The fraction of sp³-hybridized carbons (Fsp3) is 0.625. The molecule has 1 aromatic rings. The van der Waals surface area contributed by atoms with Crippen molar-refractivity contribution >= 4 is 11.6 Å². The van der Waals surface area contributed by atoms with Gasteiger partial charge in [-0.05, 0) is 6.42 Å². The fourth-order valence-corrected chi connectivity index (χ4v) is 1.46. The highest BCUT2D eigenvalue weighted by molar-refractivity contribution is 6.17. The molecule has 0 N–H and O–H groups in total. The molecule has 3 heteroatoms. The Morgan fingerprint density at radius 3 is 2.91 bits per heavy atom. The maximum absolute atomic E-state index is 5.75. The van der Waals surface area contributed by atoms with Gasteiger partial charge >= 0.3 is 0 Å². The normalized spacial score (nSPS) is 10.5. The van der Waals surface area contributed by atoms with Crippen LogP contribution in [0.2, 0.25) is 0 Å². The molecule has 2 nitrogen and oxygen atoms in total. The zero-order valence-electron chi connectivity index (χ0n) is 6.97. The number of hydrogen-bond donors (Lipinski definition) is 0. The summed E-state index contributed by atoms with van der Waals surface area (Å²) in [6.07, 6.45) is 3.98. The summed E-state index contributed by atoms with van der Waals surface area (Å²) >= 11 is 5.75. The van der Waals surface area contributed by atoms with Gasteiger partial charge in [0.1, 0.15) is 0 Å². The van der Waals surface area contributed by atoms with Crippen molar-refractivity contribution in [2.24, 2.45) is 7.05 Å². The van der Waals surface area contributed by atoms with Gasteiger partial charge in [-0.15, -0.1) is 11.6 Å². The molecule has 0 spiro atoms. The van der Waals surface area contributed by atoms with E-state index in [1.807, 2.05) is 17.9 Å². The van der Waals surface area contributed by atoms with Crippen LogP contribution in [-0.2, 0) is 19.3 Å². The van der Waals surface area contributed by atoms with E-state index in [9.17, 15) is 0 Å². The van der Waals surface area contributed by atoms with Crippen LogP contribution in [0.5, 0.6) is 0 Å². The summed E-state index contributed by atoms with van der Waals surface area (Å²) in [5.41, 5.74) is 2.29. The van der Waals surface area contributed by atoms with Gasteiger partial charge in [-0.2, -0.15) is 0 Å². The van der Waals surface area contributed by atoms with Crippen LogP contribution >= 0.6 is 11.6 Å². The third-order valence-electron chi connectivity index (χ3n) is 1.76. The lowest BCUT2D eigenvalue weighted by Crippen LogP contribution is -1.95. The van der Waals surface area contributed by atoms with E-state index < -0.39 is 0 Å². The van der Waals surface area contributed by atoms with Gasteiger partial charge in [-0.25, -0.2) is 4.98 Å². The van der Waals surface area contributed by atoms with E-state index in [1.54, 1.807) is 0 Å². The summed E-state index contributed by atoms with van der Waals surface area (Å²) in [5, 5.41) is 0. The maximum atomic E-state index is 5.75. The summed E-state index contributed by atoms with van der Waals surface area (Å²) in [7, 11) is 1.98. The summed E-state index contributed by atoms with van der Waals surface area (Å²) in [4.78, 5) is 4.25. The average molecular weight is 173 g/mol. The maximum Gasteiger partial charge on any atom is 0.0949 e. The standard InChI is InChI=1S/C8H13ClN2/c1-3-4-7-8(5-9)11(2)6-10-7/h6H,3-5H2,1-2H3. The average Bonchev–Trinajstić information content (AvgIpc) is 2.33. The Labute approximate surface area is 72.2 Å². The lowest BCUT2D eigenvalue weighted by Gasteiger charge is -1.99. The van der Waals surface area contributed by atoms with E-state index in [0.29, 0.717) is 5.88 Å². The fourth-order valence-electron chi connectivity index (χ4n) is 1.12. The Balaban J connectivity index is 2.86. The molecule has 0 aromatic carbocycles. The first-order valence-electron chi connectivity index (χ1n) is 3.84. The minimum Gasteiger partial charge on any atom is -0.336 e. The number of rotatable bonds is 3. The third-order valence-corrected chi connectivity index (χ3v) is 2.01. The van der Waals surface area contributed by atoms with Gasteiger partial charge in [-0.1, -0.05) is 13.3 Å². The molecule has 1 heterocycles. The second-order valence-electron chi connectivity index (χ2n) is 2.63. The van der Waals surface area contributed by atoms with Crippen LogP contribution in [0.1, 0.15) is 24.7 Å². The van der Waals surface area contributed by atoms with E-state index in [4.69, 9.17) is 11.6 Å². The van der Waals surface area contributed by atoms with Crippen LogP contribution in [-0.4, -0.2) is 9.55 Å². The monoisotopic (exact) mass is 172 g/mol. The molecule has 62 valence electrons. The smallest absolute Gasteiger partial charge is 0.0949 e. The molecule has 0 atom stereocenters. The summed E-state index contributed by atoms with van der Waals surface area (Å²) in [6, 6.07) is 0. The van der Waals surface area contributed by atoms with Crippen molar-refractivity contribution in [3.05, 3.63) is 17.7 Å². The summed E-state index contributed by atoms with van der Waals surface area (Å²) in [6.45, 7) is 2.15. The van der Waals surface area contributed by atoms with Crippen LogP contribution in [0.25, 0.3) is 0 Å². The highest BCUT2D eigenvalue weighted by atomic mass is 35.5. The van der Waals surface area contributed by atoms with Gasteiger partial charge < -0.3 is 4.57 Å². The minimum absolute atomic E-state index is 0.561. The molecule has 0 radical (unpaired) electrons. The van der Waals surface area contributed by atoms with Crippen LogP contribution < -0.4 is 0 Å². The van der Waals surface area contributed by atoms with Crippen LogP contribution in [0.15, 0.2) is 6.33 Å². The molecule has 0 fully saturated rings. The van der Waals surface area contributed by atoms with Gasteiger partial charge in [0.05, 0.1) is 23.6 Å². The van der Waals surface area contributed by atoms with Gasteiger partial charge in [0.25, 0.3) is 0 Å². The molecule has 0 bridgehead atoms. The first-order chi connectivity index (χ1) is 5.29. The SMILES string of the molecule is CCCc1ncn(C)c1CCl. The van der Waals surface area contributed by atoms with Crippen molar-refractivity contribution in [3.8, 4) is 0 Å². The van der Waals surface area contributed by atoms with Crippen molar-refractivity contribution in [2.75, 3.05) is 0 Å². The Hall–Kier alpha value is -0.500. The molecule has 0 aliphatic carbocycles. The van der Waals surface area contributed by atoms with Gasteiger partial charge in [-0.3, -0.25) is 0 Å². The zero-order valence-corrected chi connectivity index (χ0v) is 7.73. The molecule has 11 heavy (non-hydrogen) atoms. The molecular formula is C8H13ClN2.